The molecule has 7 rings (SSSR count). The molecule has 0 aromatic rings. The van der Waals surface area contributed by atoms with Crippen molar-refractivity contribution >= 4 is 8.32 Å². The molecule has 3 saturated heterocycles. The van der Waals surface area contributed by atoms with Gasteiger partial charge in [-0.1, -0.05) is 34.6 Å². The van der Waals surface area contributed by atoms with Gasteiger partial charge in [-0.25, -0.2) is 0 Å². The van der Waals surface area contributed by atoms with E-state index in [4.69, 9.17) is 28.1 Å². The molecule has 0 aromatic heterocycles. The highest BCUT2D eigenvalue weighted by atomic mass is 28.4. The molecular weight excluding hydrogens is 472 g/mol. The zero-order valence-corrected chi connectivity index (χ0v) is 24.6. The third-order valence-electron chi connectivity index (χ3n) is 12.9. The first-order valence-electron chi connectivity index (χ1n) is 14.7. The Morgan fingerprint density at radius 2 is 1.39 bits per heavy atom. The molecule has 3 spiro atoms. The van der Waals surface area contributed by atoms with Crippen LogP contribution in [0.5, 0.6) is 0 Å². The molecule has 0 amide bonds. The smallest absolute Gasteiger partial charge is 0.192 e. The predicted molar refractivity (Wildman–Crippen MR) is 138 cm³/mol. The number of fused-ring (bicyclic) bond motifs is 5. The lowest BCUT2D eigenvalue weighted by molar-refractivity contribution is -0.260. The number of rotatable bonds is 2. The Balaban J connectivity index is 1.30. The fraction of sp³-hybridized carbons (Fsp3) is 1.00. The Morgan fingerprint density at radius 3 is 2.06 bits per heavy atom. The van der Waals surface area contributed by atoms with Gasteiger partial charge in [-0.3, -0.25) is 0 Å². The van der Waals surface area contributed by atoms with E-state index in [1.165, 1.54) is 19.3 Å². The van der Waals surface area contributed by atoms with E-state index in [0.29, 0.717) is 31.0 Å². The van der Waals surface area contributed by atoms with Crippen molar-refractivity contribution in [2.24, 2.45) is 28.6 Å². The highest BCUT2D eigenvalue weighted by Gasteiger charge is 2.82. The summed E-state index contributed by atoms with van der Waals surface area (Å²) in [7, 11) is -2.02. The first kappa shape index (κ1) is 25.0. The van der Waals surface area contributed by atoms with Gasteiger partial charge in [0.25, 0.3) is 0 Å². The van der Waals surface area contributed by atoms with Crippen molar-refractivity contribution in [3.63, 3.8) is 0 Å². The Hall–Kier alpha value is -0.0231. The molecule has 4 saturated carbocycles. The van der Waals surface area contributed by atoms with Crippen molar-refractivity contribution in [2.45, 2.75) is 127 Å². The molecule has 6 unspecified atom stereocenters. The van der Waals surface area contributed by atoms with Crippen LogP contribution in [0.1, 0.15) is 79.6 Å². The van der Waals surface area contributed by atoms with Crippen LogP contribution in [-0.4, -0.2) is 64.1 Å². The van der Waals surface area contributed by atoms with Crippen molar-refractivity contribution < 1.29 is 28.1 Å². The van der Waals surface area contributed by atoms with Crippen molar-refractivity contribution in [1.29, 1.82) is 0 Å². The average Bonchev–Trinajstić information content (AvgIpc) is 3.13. The first-order valence-corrected chi connectivity index (χ1v) is 17.6. The van der Waals surface area contributed by atoms with E-state index in [1.54, 1.807) is 0 Å². The molecule has 0 N–H and O–H groups in total. The summed E-state index contributed by atoms with van der Waals surface area (Å²) in [6.07, 6.45) is 7.76. The van der Waals surface area contributed by atoms with Gasteiger partial charge < -0.3 is 28.1 Å². The standard InChI is InChI=1S/C29H48O6Si/c1-24(2,3)36(6,7)35-22-21-19(8-10-26(5)20(21)9-11-29(26)32-16-17-33-29)25(4)12-13-27(30-14-15-31-27)18-28(25)23(22)34-28/h19-23H,8-18H2,1-7H3/t19?,20?,21?,22?,23?,25-,26+,28?/m1/s1. The van der Waals surface area contributed by atoms with Gasteiger partial charge in [-0.2, -0.15) is 0 Å². The lowest BCUT2D eigenvalue weighted by atomic mass is 9.44. The van der Waals surface area contributed by atoms with E-state index >= 15 is 0 Å². The van der Waals surface area contributed by atoms with Crippen LogP contribution in [0.3, 0.4) is 0 Å². The third kappa shape index (κ3) is 2.95. The molecule has 7 fully saturated rings. The largest absolute Gasteiger partial charge is 0.411 e. The van der Waals surface area contributed by atoms with Crippen LogP contribution in [0.2, 0.25) is 18.1 Å². The third-order valence-corrected chi connectivity index (χ3v) is 17.4. The molecule has 0 bridgehead atoms. The lowest BCUT2D eigenvalue weighted by Gasteiger charge is -2.62. The molecule has 7 aliphatic rings. The van der Waals surface area contributed by atoms with E-state index in [1.807, 2.05) is 0 Å². The topological polar surface area (TPSA) is 58.7 Å². The summed E-state index contributed by atoms with van der Waals surface area (Å²) in [6, 6.07) is 0. The van der Waals surface area contributed by atoms with Gasteiger partial charge in [0.2, 0.25) is 0 Å². The number of epoxide rings is 1. The normalized spacial score (nSPS) is 50.6. The Kier molecular flexibility index (Phi) is 5.12. The molecule has 7 heteroatoms. The van der Waals surface area contributed by atoms with Crippen LogP contribution in [0, 0.1) is 28.6 Å². The zero-order valence-electron chi connectivity index (χ0n) is 23.6. The molecule has 4 aliphatic carbocycles. The Labute approximate surface area is 218 Å². The number of hydrogen-bond donors (Lipinski definition) is 0. The molecular formula is C29H48O6Si. The zero-order chi connectivity index (χ0) is 25.4. The summed E-state index contributed by atoms with van der Waals surface area (Å²) in [6.45, 7) is 19.8. The SMILES string of the molecule is CC(C)(C)[Si](C)(C)OC1C2C3CCC4(OCCO4)[C@@]3(C)CCC2[C@@]2(C)CCC3(CC24OC14)OCCO3. The van der Waals surface area contributed by atoms with Crippen LogP contribution in [0.15, 0.2) is 0 Å². The maximum atomic E-state index is 7.46. The molecule has 36 heavy (non-hydrogen) atoms. The van der Waals surface area contributed by atoms with Crippen LogP contribution >= 0.6 is 0 Å². The van der Waals surface area contributed by atoms with E-state index in [-0.39, 0.29) is 33.7 Å². The molecule has 6 nitrogen and oxygen atoms in total. The first-order chi connectivity index (χ1) is 16.8. The summed E-state index contributed by atoms with van der Waals surface area (Å²) in [5, 5.41) is 0.156. The van der Waals surface area contributed by atoms with E-state index in [2.05, 4.69) is 47.7 Å². The lowest BCUT2D eigenvalue weighted by Crippen LogP contribution is -2.67. The Morgan fingerprint density at radius 1 is 0.778 bits per heavy atom. The minimum absolute atomic E-state index is 0.0402. The molecule has 8 atom stereocenters. The second-order valence-electron chi connectivity index (χ2n) is 15.2. The number of ether oxygens (including phenoxy) is 5. The van der Waals surface area contributed by atoms with Crippen LogP contribution in [0.4, 0.5) is 0 Å². The summed E-state index contributed by atoms with van der Waals surface area (Å²) >= 11 is 0. The highest BCUT2D eigenvalue weighted by Crippen LogP contribution is 2.76. The van der Waals surface area contributed by atoms with Crippen LogP contribution < -0.4 is 0 Å². The molecule has 3 aliphatic heterocycles. The quantitative estimate of drug-likeness (QED) is 0.347. The summed E-state index contributed by atoms with van der Waals surface area (Å²) < 4.78 is 39.9. The summed E-state index contributed by atoms with van der Waals surface area (Å²) in [4.78, 5) is 0. The molecule has 204 valence electrons. The van der Waals surface area contributed by atoms with E-state index in [9.17, 15) is 0 Å². The van der Waals surface area contributed by atoms with Gasteiger partial charge in [0.15, 0.2) is 19.9 Å². The molecule has 0 aromatic carbocycles. The van der Waals surface area contributed by atoms with Crippen LogP contribution in [0.25, 0.3) is 0 Å². The molecule has 3 heterocycles. The summed E-state index contributed by atoms with van der Waals surface area (Å²) in [5.41, 5.74) is -0.0165. The van der Waals surface area contributed by atoms with Crippen molar-refractivity contribution in [1.82, 2.24) is 0 Å². The van der Waals surface area contributed by atoms with Crippen molar-refractivity contribution in [3.05, 3.63) is 0 Å². The monoisotopic (exact) mass is 520 g/mol. The maximum absolute atomic E-state index is 7.46. The molecule has 0 radical (unpaired) electrons. The fourth-order valence-corrected chi connectivity index (χ4v) is 11.2. The van der Waals surface area contributed by atoms with Gasteiger partial charge in [0, 0.05) is 30.1 Å². The second-order valence-corrected chi connectivity index (χ2v) is 20.0. The van der Waals surface area contributed by atoms with Gasteiger partial charge in [0.1, 0.15) is 11.7 Å². The predicted octanol–water partition coefficient (Wildman–Crippen LogP) is 5.65. The van der Waals surface area contributed by atoms with Gasteiger partial charge >= 0.3 is 0 Å². The minimum atomic E-state index is -2.02. The number of hydrogen-bond acceptors (Lipinski definition) is 6. The van der Waals surface area contributed by atoms with E-state index in [0.717, 1.165) is 38.9 Å². The maximum Gasteiger partial charge on any atom is 0.192 e. The fourth-order valence-electron chi connectivity index (χ4n) is 9.86. The Bertz CT molecular complexity index is 919. The average molecular weight is 521 g/mol. The van der Waals surface area contributed by atoms with Crippen LogP contribution in [-0.2, 0) is 28.1 Å². The second kappa shape index (κ2) is 7.38. The van der Waals surface area contributed by atoms with E-state index < -0.39 is 19.9 Å². The van der Waals surface area contributed by atoms with Crippen molar-refractivity contribution in [2.75, 3.05) is 26.4 Å². The minimum Gasteiger partial charge on any atom is -0.411 e. The van der Waals surface area contributed by atoms with Gasteiger partial charge in [0.05, 0.1) is 32.5 Å². The van der Waals surface area contributed by atoms with Crippen molar-refractivity contribution in [3.8, 4) is 0 Å². The summed E-state index contributed by atoms with van der Waals surface area (Å²) in [5.74, 6) is 0.758. The van der Waals surface area contributed by atoms with Gasteiger partial charge in [-0.05, 0) is 61.6 Å². The highest BCUT2D eigenvalue weighted by molar-refractivity contribution is 6.74. The van der Waals surface area contributed by atoms with Gasteiger partial charge in [-0.15, -0.1) is 0 Å².